The quantitative estimate of drug-likeness (QED) is 0.365. The van der Waals surface area contributed by atoms with E-state index in [4.69, 9.17) is 11.6 Å². The zero-order chi connectivity index (χ0) is 20.1. The summed E-state index contributed by atoms with van der Waals surface area (Å²) in [5.74, 6) is -0.553. The number of H-pyrrole nitrogens is 1. The maximum absolute atomic E-state index is 12.8. The molecule has 0 aliphatic rings. The monoisotopic (exact) mass is 413 g/mol. The van der Waals surface area contributed by atoms with Gasteiger partial charge in [-0.2, -0.15) is 0 Å². The minimum atomic E-state index is -0.335. The molecule has 6 nitrogen and oxygen atoms in total. The van der Waals surface area contributed by atoms with Crippen LogP contribution in [0.2, 0.25) is 5.02 Å². The molecule has 1 heterocycles. The van der Waals surface area contributed by atoms with Crippen LogP contribution in [0.25, 0.3) is 0 Å². The fourth-order valence-corrected chi connectivity index (χ4v) is 3.39. The van der Waals surface area contributed by atoms with Crippen LogP contribution in [0.15, 0.2) is 64.5 Å². The maximum atomic E-state index is 12.8. The highest BCUT2D eigenvalue weighted by molar-refractivity contribution is 7.99. The molecule has 0 saturated heterocycles. The highest BCUT2D eigenvalue weighted by Crippen LogP contribution is 2.24. The number of anilines is 1. The number of aryl methyl sites for hydroxylation is 1. The molecule has 3 rings (SSSR count). The third kappa shape index (κ3) is 5.09. The molecule has 0 fully saturated rings. The molecule has 0 aliphatic heterocycles. The predicted molar refractivity (Wildman–Crippen MR) is 110 cm³/mol. The molecule has 142 valence electrons. The number of benzene rings is 2. The number of hydrogen-bond acceptors (Lipinski definition) is 5. The molecule has 0 saturated carbocycles. The molecule has 0 atom stereocenters. The number of halogens is 1. The second kappa shape index (κ2) is 8.86. The summed E-state index contributed by atoms with van der Waals surface area (Å²) in [6.45, 7) is 1.70. The molecule has 0 spiro atoms. The Bertz CT molecular complexity index is 1080. The van der Waals surface area contributed by atoms with Crippen molar-refractivity contribution in [2.75, 3.05) is 11.1 Å². The van der Waals surface area contributed by atoms with Gasteiger partial charge in [0.15, 0.2) is 10.9 Å². The van der Waals surface area contributed by atoms with Crippen LogP contribution >= 0.6 is 23.4 Å². The van der Waals surface area contributed by atoms with Crippen molar-refractivity contribution in [2.24, 2.45) is 0 Å². The summed E-state index contributed by atoms with van der Waals surface area (Å²) in [6.07, 6.45) is 0. The van der Waals surface area contributed by atoms with E-state index in [1.807, 2.05) is 6.07 Å². The third-order valence-electron chi connectivity index (χ3n) is 3.72. The second-order valence-electron chi connectivity index (χ2n) is 5.91. The van der Waals surface area contributed by atoms with E-state index in [0.29, 0.717) is 32.7 Å². The molecule has 2 N–H and O–H groups in total. The summed E-state index contributed by atoms with van der Waals surface area (Å²) in [5, 5.41) is 3.48. The lowest BCUT2D eigenvalue weighted by atomic mass is 10.0. The first kappa shape index (κ1) is 19.9. The van der Waals surface area contributed by atoms with Gasteiger partial charge < -0.3 is 10.3 Å². The highest BCUT2D eigenvalue weighted by atomic mass is 35.5. The Morgan fingerprint density at radius 2 is 1.89 bits per heavy atom. The van der Waals surface area contributed by atoms with Crippen molar-refractivity contribution in [1.29, 1.82) is 0 Å². The van der Waals surface area contributed by atoms with Crippen molar-refractivity contribution in [3.05, 3.63) is 86.8 Å². The zero-order valence-electron chi connectivity index (χ0n) is 14.9. The Balaban J connectivity index is 1.75. The van der Waals surface area contributed by atoms with E-state index in [2.05, 4.69) is 15.3 Å². The van der Waals surface area contributed by atoms with Crippen LogP contribution in [-0.2, 0) is 4.79 Å². The number of hydrogen-bond donors (Lipinski definition) is 2. The van der Waals surface area contributed by atoms with E-state index in [1.165, 1.54) is 12.1 Å². The summed E-state index contributed by atoms with van der Waals surface area (Å²) in [6, 6.07) is 14.8. The van der Waals surface area contributed by atoms with Crippen LogP contribution in [-0.4, -0.2) is 27.4 Å². The van der Waals surface area contributed by atoms with Gasteiger partial charge in [0.2, 0.25) is 5.91 Å². The van der Waals surface area contributed by atoms with Crippen molar-refractivity contribution in [1.82, 2.24) is 9.97 Å². The highest BCUT2D eigenvalue weighted by Gasteiger charge is 2.16. The molecule has 0 aliphatic carbocycles. The van der Waals surface area contributed by atoms with Gasteiger partial charge in [0.05, 0.1) is 11.4 Å². The van der Waals surface area contributed by atoms with E-state index in [0.717, 1.165) is 11.8 Å². The average Bonchev–Trinajstić information content (AvgIpc) is 2.67. The first-order chi connectivity index (χ1) is 13.4. The van der Waals surface area contributed by atoms with Crippen LogP contribution in [0.5, 0.6) is 0 Å². The Labute approximate surface area is 170 Å². The van der Waals surface area contributed by atoms with E-state index < -0.39 is 0 Å². The Hall–Kier alpha value is -2.90. The lowest BCUT2D eigenvalue weighted by molar-refractivity contribution is -0.113. The van der Waals surface area contributed by atoms with E-state index in [1.54, 1.807) is 43.3 Å². The van der Waals surface area contributed by atoms with Gasteiger partial charge in [-0.3, -0.25) is 14.4 Å². The smallest absolute Gasteiger partial charge is 0.251 e. The summed E-state index contributed by atoms with van der Waals surface area (Å²) in [5.41, 5.74) is 1.47. The van der Waals surface area contributed by atoms with Gasteiger partial charge >= 0.3 is 0 Å². The van der Waals surface area contributed by atoms with Gasteiger partial charge in [0.25, 0.3) is 5.56 Å². The van der Waals surface area contributed by atoms with E-state index in [-0.39, 0.29) is 23.0 Å². The second-order valence-corrected chi connectivity index (χ2v) is 7.31. The van der Waals surface area contributed by atoms with Crippen LogP contribution in [0.1, 0.15) is 21.6 Å². The van der Waals surface area contributed by atoms with Crippen molar-refractivity contribution in [3.8, 4) is 0 Å². The SMILES string of the molecule is Cc1cc(=O)[nH]c(SCC(=O)Nc2ccc(Cl)cc2C(=O)c2ccccc2)n1. The molecule has 0 unspecified atom stereocenters. The van der Waals surface area contributed by atoms with Gasteiger partial charge in [0, 0.05) is 27.9 Å². The Morgan fingerprint density at radius 3 is 2.61 bits per heavy atom. The van der Waals surface area contributed by atoms with Crippen molar-refractivity contribution in [2.45, 2.75) is 12.1 Å². The molecular formula is C20H16ClN3O3S. The van der Waals surface area contributed by atoms with Gasteiger partial charge in [0.1, 0.15) is 0 Å². The maximum Gasteiger partial charge on any atom is 0.251 e. The van der Waals surface area contributed by atoms with Gasteiger partial charge in [-0.25, -0.2) is 4.98 Å². The molecule has 1 aromatic heterocycles. The van der Waals surface area contributed by atoms with Gasteiger partial charge in [-0.15, -0.1) is 0 Å². The number of nitrogens with zero attached hydrogens (tertiary/aromatic N) is 1. The number of carbonyl (C=O) groups is 2. The molecule has 8 heteroatoms. The van der Waals surface area contributed by atoms with Crippen LogP contribution < -0.4 is 10.9 Å². The molecule has 28 heavy (non-hydrogen) atoms. The summed E-state index contributed by atoms with van der Waals surface area (Å²) >= 11 is 7.14. The predicted octanol–water partition coefficient (Wildman–Crippen LogP) is 3.69. The fraction of sp³-hybridized carbons (Fsp3) is 0.100. The van der Waals surface area contributed by atoms with Gasteiger partial charge in [-0.1, -0.05) is 53.7 Å². The van der Waals surface area contributed by atoms with Crippen molar-refractivity contribution in [3.63, 3.8) is 0 Å². The normalized spacial score (nSPS) is 10.5. The molecule has 2 aromatic carbocycles. The number of nitrogens with one attached hydrogen (secondary N) is 2. The van der Waals surface area contributed by atoms with Crippen molar-refractivity contribution >= 4 is 40.7 Å². The summed E-state index contributed by atoms with van der Waals surface area (Å²) in [4.78, 5) is 43.4. The largest absolute Gasteiger partial charge is 0.325 e. The molecule has 1 amide bonds. The molecule has 3 aromatic rings. The molecule has 0 bridgehead atoms. The molecular weight excluding hydrogens is 398 g/mol. The average molecular weight is 414 g/mol. The van der Waals surface area contributed by atoms with E-state index in [9.17, 15) is 14.4 Å². The zero-order valence-corrected chi connectivity index (χ0v) is 16.4. The van der Waals surface area contributed by atoms with Crippen molar-refractivity contribution < 1.29 is 9.59 Å². The Kier molecular flexibility index (Phi) is 6.28. The number of aromatic amines is 1. The van der Waals surface area contributed by atoms with E-state index >= 15 is 0 Å². The van der Waals surface area contributed by atoms with Crippen LogP contribution in [0.4, 0.5) is 5.69 Å². The minimum Gasteiger partial charge on any atom is -0.325 e. The first-order valence-corrected chi connectivity index (χ1v) is 9.68. The lowest BCUT2D eigenvalue weighted by Gasteiger charge is -2.11. The topological polar surface area (TPSA) is 91.9 Å². The lowest BCUT2D eigenvalue weighted by Crippen LogP contribution is -2.18. The third-order valence-corrected chi connectivity index (χ3v) is 4.83. The van der Waals surface area contributed by atoms with Crippen LogP contribution in [0, 0.1) is 6.92 Å². The number of amides is 1. The summed E-state index contributed by atoms with van der Waals surface area (Å²) in [7, 11) is 0. The fourth-order valence-electron chi connectivity index (χ4n) is 2.50. The number of ketones is 1. The standard InChI is InChI=1S/C20H16ClN3O3S/c1-12-9-17(25)24-20(22-12)28-11-18(26)23-16-8-7-14(21)10-15(16)19(27)13-5-3-2-4-6-13/h2-10H,11H2,1H3,(H,23,26)(H,22,24,25). The first-order valence-electron chi connectivity index (χ1n) is 8.32. The number of aromatic nitrogens is 2. The Morgan fingerprint density at radius 1 is 1.14 bits per heavy atom. The molecule has 0 radical (unpaired) electrons. The summed E-state index contributed by atoms with van der Waals surface area (Å²) < 4.78 is 0. The number of rotatable bonds is 6. The minimum absolute atomic E-state index is 0.0218. The number of thioether (sulfide) groups is 1. The van der Waals surface area contributed by atoms with Gasteiger partial charge in [-0.05, 0) is 25.1 Å². The number of carbonyl (C=O) groups excluding carboxylic acids is 2. The van der Waals surface area contributed by atoms with Crippen LogP contribution in [0.3, 0.4) is 0 Å².